The summed E-state index contributed by atoms with van der Waals surface area (Å²) in [5.41, 5.74) is 0. The molecule has 0 saturated carbocycles. The second kappa shape index (κ2) is 9.21. The van der Waals surface area contributed by atoms with Gasteiger partial charge in [0.05, 0.1) is 0 Å². The van der Waals surface area contributed by atoms with E-state index in [1.807, 2.05) is 41.5 Å². The first-order chi connectivity index (χ1) is 12.4. The molecule has 0 amide bonds. The van der Waals surface area contributed by atoms with Crippen LogP contribution in [0.1, 0.15) is 69.2 Å². The van der Waals surface area contributed by atoms with Crippen LogP contribution in [0.4, 0.5) is 0 Å². The van der Waals surface area contributed by atoms with Crippen LogP contribution in [0.5, 0.6) is 0 Å². The maximum absolute atomic E-state index is 11.8. The first kappa shape index (κ1) is 26.3. The molecule has 0 unspecified atom stereocenters. The van der Waals surface area contributed by atoms with Gasteiger partial charge in [-0.1, -0.05) is 41.5 Å². The van der Waals surface area contributed by atoms with Crippen LogP contribution in [-0.4, -0.2) is 41.0 Å². The Balaban J connectivity index is 6.29. The molecular formula is C18H34O8Si2. The zero-order valence-electron chi connectivity index (χ0n) is 18.7. The zero-order valence-corrected chi connectivity index (χ0v) is 20.7. The summed E-state index contributed by atoms with van der Waals surface area (Å²) < 4.78 is 22.5. The minimum Gasteiger partial charge on any atom is -0.485 e. The molecular weight excluding hydrogens is 400 g/mol. The summed E-state index contributed by atoms with van der Waals surface area (Å²) in [5, 5.41) is -1.32. The first-order valence-electron chi connectivity index (χ1n) is 9.16. The highest BCUT2D eigenvalue weighted by atomic mass is 28.4. The lowest BCUT2D eigenvalue weighted by Gasteiger charge is -2.43. The van der Waals surface area contributed by atoms with Gasteiger partial charge in [-0.15, -0.1) is 0 Å². The first-order valence-corrected chi connectivity index (χ1v) is 13.2. The third kappa shape index (κ3) is 7.04. The fraction of sp³-hybridized carbons (Fsp3) is 0.778. The molecule has 0 aromatic carbocycles. The average Bonchev–Trinajstić information content (AvgIpc) is 2.39. The van der Waals surface area contributed by atoms with E-state index in [2.05, 4.69) is 0 Å². The predicted molar refractivity (Wildman–Crippen MR) is 108 cm³/mol. The summed E-state index contributed by atoms with van der Waals surface area (Å²) in [7, 11) is -6.92. The Morgan fingerprint density at radius 3 is 0.821 bits per heavy atom. The molecule has 0 aromatic rings. The Hall–Kier alpha value is -1.69. The minimum absolute atomic E-state index is 0.139. The smallest absolute Gasteiger partial charge is 0.469 e. The summed E-state index contributed by atoms with van der Waals surface area (Å²) in [6.07, 6.45) is 0. The van der Waals surface area contributed by atoms with E-state index in [-0.39, 0.29) is 12.1 Å². The van der Waals surface area contributed by atoms with E-state index >= 15 is 0 Å². The quantitative estimate of drug-likeness (QED) is 0.558. The fourth-order valence-electron chi connectivity index (χ4n) is 2.87. The molecule has 0 aliphatic carbocycles. The van der Waals surface area contributed by atoms with Crippen LogP contribution in [-0.2, 0) is 36.9 Å². The molecule has 0 bridgehead atoms. The van der Waals surface area contributed by atoms with Crippen molar-refractivity contribution in [2.45, 2.75) is 91.4 Å². The number of hydrogen-bond acceptors (Lipinski definition) is 8. The van der Waals surface area contributed by atoms with E-state index in [1.54, 1.807) is 0 Å². The van der Waals surface area contributed by atoms with Crippen LogP contribution in [0.3, 0.4) is 0 Å². The van der Waals surface area contributed by atoms with Crippen LogP contribution >= 0.6 is 0 Å². The van der Waals surface area contributed by atoms with E-state index in [1.165, 1.54) is 27.7 Å². The maximum Gasteiger partial charge on any atom is 0.469 e. The van der Waals surface area contributed by atoms with Gasteiger partial charge < -0.3 is 17.7 Å². The van der Waals surface area contributed by atoms with Gasteiger partial charge in [-0.3, -0.25) is 19.2 Å². The van der Waals surface area contributed by atoms with Crippen molar-refractivity contribution in [3.05, 3.63) is 0 Å². The monoisotopic (exact) mass is 434 g/mol. The number of hydrogen-bond donors (Lipinski definition) is 0. The highest BCUT2D eigenvalue weighted by molar-refractivity contribution is 6.78. The topological polar surface area (TPSA) is 105 Å². The molecule has 10 heteroatoms. The highest BCUT2D eigenvalue weighted by Crippen LogP contribution is 2.47. The Labute approximate surface area is 169 Å². The Morgan fingerprint density at radius 1 is 0.536 bits per heavy atom. The normalized spacial score (nSPS) is 12.8. The van der Waals surface area contributed by atoms with Crippen molar-refractivity contribution in [2.75, 3.05) is 0 Å². The van der Waals surface area contributed by atoms with Gasteiger partial charge in [0.2, 0.25) is 0 Å². The number of carbonyl (C=O) groups is 4. The third-order valence-corrected chi connectivity index (χ3v) is 13.7. The van der Waals surface area contributed by atoms with E-state index in [4.69, 9.17) is 17.7 Å². The Bertz CT molecular complexity index is 530. The molecule has 162 valence electrons. The van der Waals surface area contributed by atoms with E-state index in [0.717, 1.165) is 0 Å². The number of rotatable bonds is 7. The highest BCUT2D eigenvalue weighted by Gasteiger charge is 2.61. The lowest BCUT2D eigenvalue weighted by Crippen LogP contribution is -2.57. The van der Waals surface area contributed by atoms with Crippen LogP contribution in [0.25, 0.3) is 0 Å². The molecule has 0 aromatic heterocycles. The minimum atomic E-state index is -3.46. The van der Waals surface area contributed by atoms with E-state index in [0.29, 0.717) is 0 Å². The van der Waals surface area contributed by atoms with Gasteiger partial charge in [-0.2, -0.15) is 0 Å². The molecule has 0 saturated heterocycles. The van der Waals surface area contributed by atoms with Gasteiger partial charge in [-0.05, 0) is 0 Å². The molecule has 28 heavy (non-hydrogen) atoms. The molecule has 8 nitrogen and oxygen atoms in total. The van der Waals surface area contributed by atoms with Gasteiger partial charge in [-0.25, -0.2) is 0 Å². The summed E-state index contributed by atoms with van der Waals surface area (Å²) in [6.45, 7) is 15.9. The summed E-state index contributed by atoms with van der Waals surface area (Å²) in [5.74, 6) is -2.26. The van der Waals surface area contributed by atoms with Gasteiger partial charge in [0.15, 0.2) is 0 Å². The molecule has 0 heterocycles. The molecule has 0 N–H and O–H groups in total. The van der Waals surface area contributed by atoms with Crippen molar-refractivity contribution in [1.82, 2.24) is 0 Å². The Kier molecular flexibility index (Phi) is 8.65. The van der Waals surface area contributed by atoms with Crippen LogP contribution < -0.4 is 0 Å². The van der Waals surface area contributed by atoms with Crippen LogP contribution in [0.15, 0.2) is 0 Å². The van der Waals surface area contributed by atoms with Gasteiger partial charge in [0.1, 0.15) is 0 Å². The van der Waals surface area contributed by atoms with E-state index < -0.39 is 51.1 Å². The van der Waals surface area contributed by atoms with Crippen molar-refractivity contribution in [3.8, 4) is 0 Å². The maximum atomic E-state index is 11.8. The molecule has 0 aliphatic heterocycles. The predicted octanol–water partition coefficient (Wildman–Crippen LogP) is 3.72. The van der Waals surface area contributed by atoms with Crippen LogP contribution in [0, 0.1) is 0 Å². The standard InChI is InChI=1S/C18H34O8Si2/c1-13(19)23-27(17(5,6)7,24-14(2)20)11-12-28(18(8,9)10,25-15(3)21)26-16(4)22/h11-12H2,1-10H3. The molecule has 0 aliphatic rings. The van der Waals surface area contributed by atoms with Crippen molar-refractivity contribution in [3.63, 3.8) is 0 Å². The lowest BCUT2D eigenvalue weighted by molar-refractivity contribution is -0.142. The second-order valence-electron chi connectivity index (χ2n) is 8.88. The molecule has 0 atom stereocenters. The van der Waals surface area contributed by atoms with Crippen molar-refractivity contribution in [2.24, 2.45) is 0 Å². The molecule has 0 fully saturated rings. The van der Waals surface area contributed by atoms with Crippen molar-refractivity contribution >= 4 is 41.0 Å². The summed E-state index contributed by atoms with van der Waals surface area (Å²) >= 11 is 0. The zero-order chi connectivity index (χ0) is 22.6. The molecule has 0 radical (unpaired) electrons. The molecule has 0 spiro atoms. The number of carbonyl (C=O) groups excluding carboxylic acids is 4. The summed E-state index contributed by atoms with van der Waals surface area (Å²) in [4.78, 5) is 47.3. The van der Waals surface area contributed by atoms with Crippen molar-refractivity contribution in [1.29, 1.82) is 0 Å². The van der Waals surface area contributed by atoms with Gasteiger partial charge in [0, 0.05) is 49.9 Å². The largest absolute Gasteiger partial charge is 0.485 e. The fourth-order valence-corrected chi connectivity index (χ4v) is 10.6. The third-order valence-electron chi connectivity index (χ3n) is 4.30. The lowest BCUT2D eigenvalue weighted by atomic mass is 10.2. The SMILES string of the molecule is CC(=O)O[Si](CC[Si](OC(C)=O)(OC(C)=O)C(C)(C)C)(OC(C)=O)C(C)(C)C. The van der Waals surface area contributed by atoms with Crippen molar-refractivity contribution < 1.29 is 36.9 Å². The van der Waals surface area contributed by atoms with Crippen LogP contribution in [0.2, 0.25) is 22.2 Å². The Morgan fingerprint density at radius 2 is 0.714 bits per heavy atom. The summed E-state index contributed by atoms with van der Waals surface area (Å²) in [6, 6.07) is 0.277. The average molecular weight is 435 g/mol. The molecule has 0 rings (SSSR count). The van der Waals surface area contributed by atoms with E-state index in [9.17, 15) is 19.2 Å². The van der Waals surface area contributed by atoms with Gasteiger partial charge in [0.25, 0.3) is 23.9 Å². The second-order valence-corrected chi connectivity index (χ2v) is 16.7. The van der Waals surface area contributed by atoms with Gasteiger partial charge >= 0.3 is 17.1 Å².